The summed E-state index contributed by atoms with van der Waals surface area (Å²) in [6.07, 6.45) is 28.1. The number of hydrogen-bond acceptors (Lipinski definition) is 14. The Hall–Kier alpha value is -3.90. The topological polar surface area (TPSA) is 52.6 Å². The van der Waals surface area contributed by atoms with Crippen LogP contribution in [0.3, 0.4) is 0 Å². The van der Waals surface area contributed by atoms with Gasteiger partial charge in [0.2, 0.25) is 0 Å². The lowest BCUT2D eigenvalue weighted by Gasteiger charge is -2.18. The summed E-state index contributed by atoms with van der Waals surface area (Å²) in [4.78, 5) is 47.3. The number of carbonyl (C=O) groups is 2. The second kappa shape index (κ2) is 36.5. The van der Waals surface area contributed by atoms with E-state index in [4.69, 9.17) is 9.47 Å². The van der Waals surface area contributed by atoms with Crippen LogP contribution in [0, 0.1) is 43.4 Å². The van der Waals surface area contributed by atoms with Crippen LogP contribution in [-0.2, 0) is 24.2 Å². The van der Waals surface area contributed by atoms with Crippen molar-refractivity contribution in [2.45, 2.75) is 270 Å². The Kier molecular flexibility index (Phi) is 27.9. The number of aryl methyl sites for hydroxylation is 2. The molecule has 0 N–H and O–H groups in total. The van der Waals surface area contributed by atoms with Crippen LogP contribution in [0.15, 0.2) is 60.7 Å². The Morgan fingerprint density at radius 2 is 0.883 bits per heavy atom. The standard InChI is InChI=1S/C89H112O4S10/c1-15-26-32-52(12)50-93-80-66-48-73(100-81(66)68(63-42-53(13)94-85(63)80)51-92-59(25-11)37-31-20-6)82-67-49-72(79(91)58(24-10)36-30-19-5)99-87(67)89(103-82)75-47-65-77(70-41-39-61(97-70)44-56(22-8)34-28-17-3)83-64(76(84(65)102-75)69-40-38-60(96-69)43-55(21-7)33-27-16-2)46-74(101-83)88-86-62(54(14)95-88)45-71(98-86)78(90)57(23-9)35-29-18-4/h38-42,45-49,52,55-59H,15-37,43-44,50-51H2,1-14H3. The lowest BCUT2D eigenvalue weighted by Crippen LogP contribution is -2.12. The van der Waals surface area contributed by atoms with E-state index in [2.05, 4.69) is 158 Å². The van der Waals surface area contributed by atoms with Gasteiger partial charge in [-0.05, 0) is 150 Å². The number of fused-ring (bicyclic) bond motifs is 6. The molecule has 0 saturated carbocycles. The smallest absolute Gasteiger partial charge is 0.175 e. The molecule has 2 aromatic carbocycles. The summed E-state index contributed by atoms with van der Waals surface area (Å²) >= 11 is 19.1. The monoisotopic (exact) mass is 1560 g/mol. The third-order valence-electron chi connectivity index (χ3n) is 22.0. The molecule has 0 spiro atoms. The van der Waals surface area contributed by atoms with Crippen LogP contribution in [-0.4, -0.2) is 24.3 Å². The second-order valence-corrected chi connectivity index (χ2v) is 40.8. The molecule has 552 valence electrons. The van der Waals surface area contributed by atoms with Gasteiger partial charge in [0.15, 0.2) is 11.6 Å². The number of thiophene rings is 10. The molecule has 0 fully saturated rings. The number of unbranched alkanes of at least 4 members (excludes halogenated alkanes) is 6. The Labute approximate surface area is 656 Å². The van der Waals surface area contributed by atoms with E-state index >= 15 is 4.79 Å². The number of rotatable bonds is 42. The van der Waals surface area contributed by atoms with Crippen molar-refractivity contribution in [2.24, 2.45) is 29.6 Å². The maximum Gasteiger partial charge on any atom is 0.175 e. The van der Waals surface area contributed by atoms with Crippen LogP contribution in [0.2, 0.25) is 0 Å². The van der Waals surface area contributed by atoms with Crippen LogP contribution in [0.25, 0.3) is 111 Å². The van der Waals surface area contributed by atoms with Gasteiger partial charge in [0.25, 0.3) is 0 Å². The molecular formula is C89H112O4S10. The van der Waals surface area contributed by atoms with E-state index in [1.807, 2.05) is 90.7 Å². The summed E-state index contributed by atoms with van der Waals surface area (Å²) in [6, 6.07) is 24.5. The van der Waals surface area contributed by atoms with E-state index in [-0.39, 0.29) is 17.9 Å². The van der Waals surface area contributed by atoms with Crippen molar-refractivity contribution in [3.05, 3.63) is 95.5 Å². The number of Topliss-reactive ketones (excluding diaryl/α,β-unsaturated/α-hetero) is 2. The van der Waals surface area contributed by atoms with Crippen molar-refractivity contribution in [1.29, 1.82) is 0 Å². The maximum atomic E-state index is 15.2. The van der Waals surface area contributed by atoms with E-state index in [0.29, 0.717) is 42.5 Å². The molecule has 0 aliphatic heterocycles. The van der Waals surface area contributed by atoms with Gasteiger partial charge >= 0.3 is 0 Å². The van der Waals surface area contributed by atoms with Crippen LogP contribution >= 0.6 is 113 Å². The molecule has 103 heavy (non-hydrogen) atoms. The normalized spacial score (nSPS) is 14.1. The predicted molar refractivity (Wildman–Crippen MR) is 469 cm³/mol. The Morgan fingerprint density at radius 1 is 0.398 bits per heavy atom. The molecule has 0 aliphatic carbocycles. The third-order valence-corrected chi connectivity index (χ3v) is 34.3. The SMILES string of the molecule is CCCCC(C)COc1c2cc(-c3sc(-c4cc5c(-c6ccc(CC(CC)CCCC)s6)c6sc(-c7sc(C)c8cc(C(=O)C(CC)CCCC)sc78)cc6c(-c6ccc(CC(CC)CCCC)s6)c5s4)c4sc(C(=O)C(CC)CCCC)cc34)sc2c(COC(CC)CCCC)c2cc(C)sc12. The molecule has 10 aromatic heterocycles. The maximum absolute atomic E-state index is 15.2. The van der Waals surface area contributed by atoms with Crippen LogP contribution < -0.4 is 4.74 Å². The highest BCUT2D eigenvalue weighted by molar-refractivity contribution is 7.35. The molecule has 0 bridgehead atoms. The molecule has 0 saturated heterocycles. The summed E-state index contributed by atoms with van der Waals surface area (Å²) in [5, 5.41) is 7.54. The zero-order valence-corrected chi connectivity index (χ0v) is 72.2. The highest BCUT2D eigenvalue weighted by atomic mass is 32.1. The van der Waals surface area contributed by atoms with E-state index in [0.717, 1.165) is 112 Å². The zero-order chi connectivity index (χ0) is 72.6. The first-order valence-corrected chi connectivity index (χ1v) is 47.9. The summed E-state index contributed by atoms with van der Waals surface area (Å²) < 4.78 is 21.9. The first-order chi connectivity index (χ1) is 50.1. The van der Waals surface area contributed by atoms with Gasteiger partial charge in [-0.1, -0.05) is 186 Å². The summed E-state index contributed by atoms with van der Waals surface area (Å²) in [7, 11) is 0. The fourth-order valence-electron chi connectivity index (χ4n) is 15.5. The lowest BCUT2D eigenvalue weighted by molar-refractivity contribution is 0.0325. The first kappa shape index (κ1) is 78.7. The molecule has 0 radical (unpaired) electrons. The Morgan fingerprint density at radius 3 is 1.42 bits per heavy atom. The zero-order valence-electron chi connectivity index (χ0n) is 64.0. The molecule has 0 aliphatic rings. The van der Waals surface area contributed by atoms with E-state index in [9.17, 15) is 4.79 Å². The number of hydrogen-bond donors (Lipinski definition) is 0. The minimum atomic E-state index is -0.00933. The van der Waals surface area contributed by atoms with Gasteiger partial charge in [0.05, 0.1) is 57.8 Å². The van der Waals surface area contributed by atoms with E-state index in [1.54, 1.807) is 22.7 Å². The van der Waals surface area contributed by atoms with Crippen LogP contribution in [0.5, 0.6) is 5.75 Å². The Bertz CT molecular complexity index is 4700. The summed E-state index contributed by atoms with van der Waals surface area (Å²) in [6.45, 7) is 33.3. The molecule has 6 atom stereocenters. The van der Waals surface area contributed by atoms with E-state index < -0.39 is 0 Å². The second-order valence-electron chi connectivity index (χ2n) is 29.7. The molecule has 12 aromatic rings. The van der Waals surface area contributed by atoms with Gasteiger partial charge in [-0.25, -0.2) is 0 Å². The van der Waals surface area contributed by atoms with E-state index in [1.165, 1.54) is 200 Å². The fourth-order valence-corrected chi connectivity index (χ4v) is 28.4. The molecule has 4 nitrogen and oxygen atoms in total. The number of ether oxygens (including phenoxy) is 2. The highest BCUT2D eigenvalue weighted by Crippen LogP contribution is 2.60. The van der Waals surface area contributed by atoms with Crippen molar-refractivity contribution in [2.75, 3.05) is 6.61 Å². The summed E-state index contributed by atoms with van der Waals surface area (Å²) in [5.41, 5.74) is 3.98. The van der Waals surface area contributed by atoms with Crippen LogP contribution in [0.1, 0.15) is 275 Å². The number of ketones is 2. The van der Waals surface area contributed by atoms with Gasteiger partial charge in [0, 0.05) is 119 Å². The van der Waals surface area contributed by atoms with Crippen molar-refractivity contribution in [3.63, 3.8) is 0 Å². The molecule has 14 heteroatoms. The van der Waals surface area contributed by atoms with Crippen LogP contribution in [0.4, 0.5) is 0 Å². The minimum absolute atomic E-state index is 0.00933. The van der Waals surface area contributed by atoms with Gasteiger partial charge in [-0.3, -0.25) is 9.59 Å². The average Bonchev–Trinajstić information content (AvgIpc) is 1.57. The third kappa shape index (κ3) is 17.1. The summed E-state index contributed by atoms with van der Waals surface area (Å²) in [5.74, 6) is 3.43. The Balaban J connectivity index is 1.11. The van der Waals surface area contributed by atoms with Crippen molar-refractivity contribution < 1.29 is 19.1 Å². The van der Waals surface area contributed by atoms with Crippen molar-refractivity contribution >= 4 is 185 Å². The quantitative estimate of drug-likeness (QED) is 0.0358. The molecule has 0 amide bonds. The van der Waals surface area contributed by atoms with Gasteiger partial charge < -0.3 is 9.47 Å². The van der Waals surface area contributed by atoms with Gasteiger partial charge in [-0.2, -0.15) is 0 Å². The molecule has 6 unspecified atom stereocenters. The number of carbonyl (C=O) groups excluding carboxylic acids is 2. The number of benzene rings is 2. The molecule has 10 heterocycles. The highest BCUT2D eigenvalue weighted by Gasteiger charge is 2.32. The predicted octanol–water partition coefficient (Wildman–Crippen LogP) is 33.2. The first-order valence-electron chi connectivity index (χ1n) is 39.8. The average molecular weight is 1570 g/mol. The van der Waals surface area contributed by atoms with Crippen molar-refractivity contribution in [1.82, 2.24) is 0 Å². The lowest BCUT2D eigenvalue weighted by atomic mass is 9.94. The minimum Gasteiger partial charge on any atom is -0.491 e. The molecule has 12 rings (SSSR count). The largest absolute Gasteiger partial charge is 0.491 e. The fraction of sp³-hybridized carbons (Fsp3) is 0.528. The molecular weight excluding hydrogens is 1450 g/mol. The van der Waals surface area contributed by atoms with Gasteiger partial charge in [-0.15, -0.1) is 113 Å². The van der Waals surface area contributed by atoms with Crippen molar-refractivity contribution in [3.8, 4) is 55.9 Å². The van der Waals surface area contributed by atoms with Gasteiger partial charge in [0.1, 0.15) is 5.75 Å².